The maximum Gasteiger partial charge on any atom is 0.111 e. The monoisotopic (exact) mass is 240 g/mol. The Hall–Kier alpha value is -0.280. The summed E-state index contributed by atoms with van der Waals surface area (Å²) in [6.07, 6.45) is -7.78. The van der Waals surface area contributed by atoms with Crippen LogP contribution >= 0.6 is 0 Å². The molecule has 7 nitrogen and oxygen atoms in total. The second-order valence-electron chi connectivity index (χ2n) is 3.65. The minimum Gasteiger partial charge on any atom is -0.396 e. The molecule has 0 bridgehead atoms. The van der Waals surface area contributed by atoms with Gasteiger partial charge in [0.25, 0.3) is 0 Å². The Morgan fingerprint density at radius 1 is 0.688 bits per heavy atom. The van der Waals surface area contributed by atoms with Gasteiger partial charge in [-0.3, -0.25) is 0 Å². The quantitative estimate of drug-likeness (QED) is 0.234. The van der Waals surface area contributed by atoms with E-state index >= 15 is 0 Å². The lowest BCUT2D eigenvalue weighted by Gasteiger charge is -2.28. The van der Waals surface area contributed by atoms with Crippen molar-refractivity contribution >= 4 is 0 Å². The van der Waals surface area contributed by atoms with Gasteiger partial charge in [-0.25, -0.2) is 0 Å². The molecule has 0 amide bonds. The predicted molar refractivity (Wildman–Crippen MR) is 53.4 cm³/mol. The van der Waals surface area contributed by atoms with Gasteiger partial charge in [-0.05, 0) is 12.8 Å². The van der Waals surface area contributed by atoms with Crippen molar-refractivity contribution in [1.82, 2.24) is 0 Å². The number of aliphatic hydroxyl groups excluding tert-OH is 7. The number of hydrogen-bond acceptors (Lipinski definition) is 7. The zero-order valence-corrected chi connectivity index (χ0v) is 8.85. The molecule has 0 saturated carbocycles. The van der Waals surface area contributed by atoms with Crippen molar-refractivity contribution in [1.29, 1.82) is 0 Å². The van der Waals surface area contributed by atoms with Gasteiger partial charge in [-0.2, -0.15) is 0 Å². The van der Waals surface area contributed by atoms with Crippen molar-refractivity contribution in [2.45, 2.75) is 43.4 Å². The van der Waals surface area contributed by atoms with E-state index < -0.39 is 37.1 Å². The summed E-state index contributed by atoms with van der Waals surface area (Å²) in [7, 11) is 0. The van der Waals surface area contributed by atoms with E-state index in [2.05, 4.69) is 0 Å². The molecule has 0 aromatic heterocycles. The van der Waals surface area contributed by atoms with E-state index in [1.807, 2.05) is 0 Å². The summed E-state index contributed by atoms with van der Waals surface area (Å²) < 4.78 is 0. The van der Waals surface area contributed by atoms with Crippen LogP contribution in [0.3, 0.4) is 0 Å². The largest absolute Gasteiger partial charge is 0.396 e. The van der Waals surface area contributed by atoms with Gasteiger partial charge in [0, 0.05) is 6.61 Å². The Morgan fingerprint density at radius 3 is 1.62 bits per heavy atom. The van der Waals surface area contributed by atoms with E-state index in [0.29, 0.717) is 0 Å². The number of hydrogen-bond donors (Lipinski definition) is 7. The van der Waals surface area contributed by atoms with E-state index in [4.69, 9.17) is 15.3 Å². The zero-order valence-electron chi connectivity index (χ0n) is 8.85. The second kappa shape index (κ2) is 7.91. The Bertz CT molecular complexity index is 177. The Labute approximate surface area is 93.2 Å². The molecule has 7 heteroatoms. The summed E-state index contributed by atoms with van der Waals surface area (Å²) in [4.78, 5) is 0. The molecule has 7 N–H and O–H groups in total. The fourth-order valence-electron chi connectivity index (χ4n) is 1.24. The topological polar surface area (TPSA) is 142 Å². The SMILES string of the molecule is OCCCC(O)C(O)C(O)C(O)C(O)CO. The van der Waals surface area contributed by atoms with Gasteiger partial charge in [-0.1, -0.05) is 0 Å². The maximum atomic E-state index is 9.39. The van der Waals surface area contributed by atoms with E-state index in [1.165, 1.54) is 0 Å². The Morgan fingerprint density at radius 2 is 1.19 bits per heavy atom. The molecule has 5 atom stereocenters. The van der Waals surface area contributed by atoms with Crippen LogP contribution in [-0.4, -0.2) is 79.5 Å². The summed E-state index contributed by atoms with van der Waals surface area (Å²) in [5, 5.41) is 63.4. The maximum absolute atomic E-state index is 9.39. The van der Waals surface area contributed by atoms with Gasteiger partial charge in [0.2, 0.25) is 0 Å². The van der Waals surface area contributed by atoms with Crippen molar-refractivity contribution in [3.63, 3.8) is 0 Å². The molecule has 0 fully saturated rings. The van der Waals surface area contributed by atoms with Crippen LogP contribution in [0.4, 0.5) is 0 Å². The first-order valence-electron chi connectivity index (χ1n) is 5.07. The summed E-state index contributed by atoms with van der Waals surface area (Å²) in [5.41, 5.74) is 0. The molecule has 16 heavy (non-hydrogen) atoms. The van der Waals surface area contributed by atoms with E-state index in [9.17, 15) is 20.4 Å². The van der Waals surface area contributed by atoms with Crippen LogP contribution in [-0.2, 0) is 0 Å². The lowest BCUT2D eigenvalue weighted by atomic mass is 9.97. The molecule has 0 heterocycles. The number of aliphatic hydroxyl groups is 7. The highest BCUT2D eigenvalue weighted by Gasteiger charge is 2.33. The standard InChI is InChI=1S/C9H20O7/c10-3-1-2-5(12)7(14)9(16)8(15)6(13)4-11/h5-16H,1-4H2. The molecule has 0 aliphatic rings. The molecular weight excluding hydrogens is 220 g/mol. The van der Waals surface area contributed by atoms with Crippen LogP contribution < -0.4 is 0 Å². The molecular formula is C9H20O7. The van der Waals surface area contributed by atoms with Crippen molar-refractivity contribution in [3.8, 4) is 0 Å². The van der Waals surface area contributed by atoms with Crippen LogP contribution in [0.5, 0.6) is 0 Å². The third-order valence-corrected chi connectivity index (χ3v) is 2.33. The lowest BCUT2D eigenvalue weighted by Crippen LogP contribution is -2.50. The average molecular weight is 240 g/mol. The third kappa shape index (κ3) is 4.71. The molecule has 0 saturated heterocycles. The highest BCUT2D eigenvalue weighted by Crippen LogP contribution is 2.11. The normalized spacial score (nSPS) is 21.2. The molecule has 0 aromatic carbocycles. The molecule has 0 aliphatic heterocycles. The molecule has 0 aromatic rings. The average Bonchev–Trinajstić information content (AvgIpc) is 2.31. The van der Waals surface area contributed by atoms with E-state index in [0.717, 1.165) is 0 Å². The summed E-state index contributed by atoms with van der Waals surface area (Å²) >= 11 is 0. The molecule has 0 aliphatic carbocycles. The van der Waals surface area contributed by atoms with Crippen molar-refractivity contribution in [2.24, 2.45) is 0 Å². The molecule has 98 valence electrons. The Balaban J connectivity index is 4.19. The zero-order chi connectivity index (χ0) is 12.7. The first-order chi connectivity index (χ1) is 7.45. The van der Waals surface area contributed by atoms with Crippen molar-refractivity contribution in [3.05, 3.63) is 0 Å². The van der Waals surface area contributed by atoms with Gasteiger partial charge in [-0.15, -0.1) is 0 Å². The van der Waals surface area contributed by atoms with E-state index in [-0.39, 0.29) is 19.4 Å². The third-order valence-electron chi connectivity index (χ3n) is 2.33. The fraction of sp³-hybridized carbons (Fsp3) is 1.00. The van der Waals surface area contributed by atoms with Crippen LogP contribution in [0.15, 0.2) is 0 Å². The highest BCUT2D eigenvalue weighted by atomic mass is 16.4. The van der Waals surface area contributed by atoms with Gasteiger partial charge < -0.3 is 35.7 Å². The van der Waals surface area contributed by atoms with Gasteiger partial charge in [0.15, 0.2) is 0 Å². The fourth-order valence-corrected chi connectivity index (χ4v) is 1.24. The highest BCUT2D eigenvalue weighted by molar-refractivity contribution is 4.84. The molecule has 5 unspecified atom stereocenters. The predicted octanol–water partition coefficient (Wildman–Crippen LogP) is -3.44. The molecule has 0 radical (unpaired) electrons. The van der Waals surface area contributed by atoms with Crippen molar-refractivity contribution in [2.75, 3.05) is 13.2 Å². The summed E-state index contributed by atoms with van der Waals surface area (Å²) in [6, 6.07) is 0. The van der Waals surface area contributed by atoms with Crippen LogP contribution in [0.1, 0.15) is 12.8 Å². The van der Waals surface area contributed by atoms with Crippen LogP contribution in [0.25, 0.3) is 0 Å². The van der Waals surface area contributed by atoms with Crippen molar-refractivity contribution < 1.29 is 35.7 Å². The second-order valence-corrected chi connectivity index (χ2v) is 3.65. The summed E-state index contributed by atoms with van der Waals surface area (Å²) in [5.74, 6) is 0. The van der Waals surface area contributed by atoms with Crippen LogP contribution in [0.2, 0.25) is 0 Å². The first-order valence-corrected chi connectivity index (χ1v) is 5.07. The summed E-state index contributed by atoms with van der Waals surface area (Å²) in [6.45, 7) is -0.931. The molecule has 0 rings (SSSR count). The van der Waals surface area contributed by atoms with Crippen LogP contribution in [0, 0.1) is 0 Å². The minimum absolute atomic E-state index is 0.0522. The number of rotatable bonds is 8. The molecule has 0 spiro atoms. The smallest absolute Gasteiger partial charge is 0.111 e. The van der Waals surface area contributed by atoms with Gasteiger partial charge in [0.1, 0.15) is 24.4 Å². The first kappa shape index (κ1) is 15.7. The Kier molecular flexibility index (Phi) is 7.77. The minimum atomic E-state index is -1.77. The lowest BCUT2D eigenvalue weighted by molar-refractivity contribution is -0.141. The van der Waals surface area contributed by atoms with Gasteiger partial charge >= 0.3 is 0 Å². The van der Waals surface area contributed by atoms with Gasteiger partial charge in [0.05, 0.1) is 12.7 Å². The van der Waals surface area contributed by atoms with E-state index in [1.54, 1.807) is 0 Å².